The van der Waals surface area contributed by atoms with Crippen LogP contribution < -0.4 is 10.6 Å². The highest BCUT2D eigenvalue weighted by Gasteiger charge is 2.41. The highest BCUT2D eigenvalue weighted by Crippen LogP contribution is 2.43. The van der Waals surface area contributed by atoms with Crippen molar-refractivity contribution >= 4 is 35.3 Å². The number of ether oxygens (including phenoxy) is 4. The second-order valence-corrected chi connectivity index (χ2v) is 18.6. The number of hydrogen-bond acceptors (Lipinski definition) is 14. The molecule has 4 atom stereocenters. The van der Waals surface area contributed by atoms with Crippen LogP contribution in [-0.2, 0) is 51.2 Å². The summed E-state index contributed by atoms with van der Waals surface area (Å²) in [5, 5.41) is 25.0. The molecule has 0 amide bonds. The number of likely N-dealkylation sites (tertiary alicyclic amines) is 2. The van der Waals surface area contributed by atoms with Crippen LogP contribution in [0.1, 0.15) is 87.5 Å². The van der Waals surface area contributed by atoms with Gasteiger partial charge >= 0.3 is 23.9 Å². The first-order valence-electron chi connectivity index (χ1n) is 24.2. The summed E-state index contributed by atoms with van der Waals surface area (Å²) >= 11 is 0. The van der Waals surface area contributed by atoms with Crippen molar-refractivity contribution in [2.24, 2.45) is 5.11 Å². The van der Waals surface area contributed by atoms with E-state index in [2.05, 4.69) is 49.8 Å². The number of hydrogen-bond donors (Lipinski definition) is 2. The minimum Gasteiger partial charge on any atom is -0.594 e. The Hall–Kier alpha value is -7.36. The Kier molecular flexibility index (Phi) is 15.9. The van der Waals surface area contributed by atoms with Crippen LogP contribution in [0.4, 0.5) is 11.4 Å². The molecule has 15 nitrogen and oxygen atoms in total. The van der Waals surface area contributed by atoms with Crippen LogP contribution in [0.25, 0.3) is 0 Å². The zero-order valence-corrected chi connectivity index (χ0v) is 41.2. The lowest BCUT2D eigenvalue weighted by Gasteiger charge is -2.34. The molecule has 4 aromatic rings. The van der Waals surface area contributed by atoms with Gasteiger partial charge in [-0.2, -0.15) is 0 Å². The van der Waals surface area contributed by atoms with Gasteiger partial charge in [0.2, 0.25) is 5.69 Å². The van der Waals surface area contributed by atoms with Gasteiger partial charge < -0.3 is 34.8 Å². The van der Waals surface area contributed by atoms with Crippen LogP contribution >= 0.6 is 0 Å². The Morgan fingerprint density at radius 3 is 1.45 bits per heavy atom. The molecule has 2 fully saturated rings. The Labute approximate surface area is 415 Å². The Morgan fingerprint density at radius 2 is 1.00 bits per heavy atom. The number of nitrogens with zero attached hydrogens (tertiary/aromatic N) is 4. The number of azo groups is 1. The lowest BCUT2D eigenvalue weighted by atomic mass is 9.80. The van der Waals surface area contributed by atoms with Gasteiger partial charge in [0.15, 0.2) is 0 Å². The second-order valence-electron chi connectivity index (χ2n) is 18.6. The molecule has 0 saturated carbocycles. The first-order valence-corrected chi connectivity index (χ1v) is 24.2. The quantitative estimate of drug-likeness (QED) is 0.0404. The molecular formula is C56H62N6O9. The number of methoxy groups -OCH3 is 2. The summed E-state index contributed by atoms with van der Waals surface area (Å²) in [6.45, 7) is 11.4. The number of benzene rings is 4. The average molecular weight is 963 g/mol. The number of carbonyl (C=O) groups is 4. The number of dihydropyridines is 2. The fraction of sp³-hybridized carbons (Fsp3) is 0.357. The summed E-state index contributed by atoms with van der Waals surface area (Å²) in [4.78, 5) is 60.9. The van der Waals surface area contributed by atoms with Crippen molar-refractivity contribution in [1.82, 2.24) is 20.4 Å². The van der Waals surface area contributed by atoms with E-state index in [4.69, 9.17) is 18.9 Å². The molecule has 4 aliphatic heterocycles. The normalized spacial score (nSPS) is 21.3. The van der Waals surface area contributed by atoms with E-state index in [9.17, 15) is 24.4 Å². The predicted molar refractivity (Wildman–Crippen MR) is 267 cm³/mol. The van der Waals surface area contributed by atoms with Crippen molar-refractivity contribution in [1.29, 1.82) is 0 Å². The molecule has 4 heterocycles. The molecule has 71 heavy (non-hydrogen) atoms. The molecule has 0 aliphatic carbocycles. The fourth-order valence-corrected chi connectivity index (χ4v) is 10.3. The third-order valence-corrected chi connectivity index (χ3v) is 13.6. The maximum absolute atomic E-state index is 14.4. The smallest absolute Gasteiger partial charge is 0.337 e. The average Bonchev–Trinajstić information content (AvgIpc) is 3.36. The number of esters is 4. The molecule has 0 aromatic heterocycles. The Balaban J connectivity index is 1.06. The molecule has 2 saturated heterocycles. The van der Waals surface area contributed by atoms with Crippen LogP contribution in [0.3, 0.4) is 0 Å². The Morgan fingerprint density at radius 1 is 0.577 bits per heavy atom. The Bertz CT molecular complexity index is 2820. The summed E-state index contributed by atoms with van der Waals surface area (Å²) in [5.74, 6) is -4.26. The molecule has 0 radical (unpaired) electrons. The van der Waals surface area contributed by atoms with Gasteiger partial charge in [-0.1, -0.05) is 89.8 Å². The maximum atomic E-state index is 14.4. The van der Waals surface area contributed by atoms with Crippen LogP contribution in [-0.4, -0.2) is 91.1 Å². The molecule has 2 N–H and O–H groups in total. The molecule has 4 aliphatic rings. The number of nitrogens with one attached hydrogen (secondary N) is 2. The van der Waals surface area contributed by atoms with Gasteiger partial charge in [-0.3, -0.25) is 9.80 Å². The summed E-state index contributed by atoms with van der Waals surface area (Å²) in [6.07, 6.45) is 2.34. The molecule has 0 bridgehead atoms. The summed E-state index contributed by atoms with van der Waals surface area (Å²) in [5.41, 5.74) is 6.63. The van der Waals surface area contributed by atoms with Gasteiger partial charge in [0.05, 0.1) is 48.3 Å². The summed E-state index contributed by atoms with van der Waals surface area (Å²) in [6, 6.07) is 33.7. The molecule has 4 unspecified atom stereocenters. The summed E-state index contributed by atoms with van der Waals surface area (Å²) < 4.78 is 23.0. The van der Waals surface area contributed by atoms with E-state index in [1.165, 1.54) is 25.3 Å². The zero-order chi connectivity index (χ0) is 50.2. The van der Waals surface area contributed by atoms with E-state index < -0.39 is 35.7 Å². The van der Waals surface area contributed by atoms with E-state index in [0.717, 1.165) is 39.0 Å². The van der Waals surface area contributed by atoms with Crippen molar-refractivity contribution in [3.05, 3.63) is 182 Å². The van der Waals surface area contributed by atoms with Crippen molar-refractivity contribution in [3.8, 4) is 0 Å². The van der Waals surface area contributed by atoms with Crippen LogP contribution in [0.2, 0.25) is 0 Å². The zero-order valence-electron chi connectivity index (χ0n) is 41.2. The molecule has 8 rings (SSSR count). The molecular weight excluding hydrogens is 901 g/mol. The van der Waals surface area contributed by atoms with Gasteiger partial charge in [0.25, 0.3) is 0 Å². The predicted octanol–water partition coefficient (Wildman–Crippen LogP) is 8.84. The van der Waals surface area contributed by atoms with E-state index in [1.807, 2.05) is 36.4 Å². The molecule has 0 spiro atoms. The number of piperidine rings is 2. The number of allylic oxidation sites excluding steroid dienone is 4. The van der Waals surface area contributed by atoms with Crippen LogP contribution in [0.5, 0.6) is 0 Å². The van der Waals surface area contributed by atoms with Crippen LogP contribution in [0.15, 0.2) is 159 Å². The monoisotopic (exact) mass is 962 g/mol. The van der Waals surface area contributed by atoms with E-state index >= 15 is 0 Å². The van der Waals surface area contributed by atoms with Crippen LogP contribution in [0, 0.1) is 5.21 Å². The molecule has 4 aromatic carbocycles. The van der Waals surface area contributed by atoms with Gasteiger partial charge in [-0.05, 0) is 101 Å². The second kappa shape index (κ2) is 22.6. The van der Waals surface area contributed by atoms with Crippen molar-refractivity contribution < 1.29 is 43.0 Å². The third kappa shape index (κ3) is 11.6. The minimum absolute atomic E-state index is 0.115. The van der Waals surface area contributed by atoms with Crippen molar-refractivity contribution in [2.75, 3.05) is 40.4 Å². The standard InChI is InChI=1S/C56H62N6O9/c1-35-47(53(63)68-5)51(49(37(3)57-35)55(65)70-45-25-15-27-60(33-45)31-39-17-9-7-10-18-39)41-21-13-23-43(29-41)59-62(67)44-24-14-22-42(30-44)52-48(54(64)69-6)36(2)58-38(4)50(52)56(66)71-46-26-16-28-61(34-46)32-40-19-11-8-12-20-40/h7-14,17-24,29-30,45-46,51-52,57-58H,15-16,25-28,31-34H2,1-6H3. The summed E-state index contributed by atoms with van der Waals surface area (Å²) in [7, 11) is 2.57. The first-order chi connectivity index (χ1) is 34.3. The van der Waals surface area contributed by atoms with Gasteiger partial charge in [0, 0.05) is 66.2 Å². The number of carbonyl (C=O) groups excluding carboxylic acids is 4. The lowest BCUT2D eigenvalue weighted by molar-refractivity contribution is -0.435. The third-order valence-electron chi connectivity index (χ3n) is 13.6. The van der Waals surface area contributed by atoms with Gasteiger partial charge in [0.1, 0.15) is 17.9 Å². The molecule has 15 heteroatoms. The SMILES string of the molecule is COC(=O)C1=C(C)NC(C)=C(C(=O)OC2CCCN(Cc3ccccc3)C2)C1c1cccc(N=[N+]([O-])c2cccc(C3C(C(=O)OC)=C(C)NC(C)=C3C(=O)OC3CCCN(Cc4ccccc4)C3)c2)c1. The topological polar surface area (TPSA) is 174 Å². The van der Waals surface area contributed by atoms with Crippen molar-refractivity contribution in [2.45, 2.75) is 90.5 Å². The highest BCUT2D eigenvalue weighted by atomic mass is 16.6. The maximum Gasteiger partial charge on any atom is 0.337 e. The van der Waals surface area contributed by atoms with E-state index in [0.29, 0.717) is 64.7 Å². The number of rotatable bonds is 14. The highest BCUT2D eigenvalue weighted by molar-refractivity contribution is 6.01. The molecule has 370 valence electrons. The lowest BCUT2D eigenvalue weighted by Crippen LogP contribution is -2.41. The van der Waals surface area contributed by atoms with E-state index in [1.54, 1.807) is 76.2 Å². The fourth-order valence-electron chi connectivity index (χ4n) is 10.3. The van der Waals surface area contributed by atoms with E-state index in [-0.39, 0.29) is 45.9 Å². The largest absolute Gasteiger partial charge is 0.594 e. The van der Waals surface area contributed by atoms with Crippen molar-refractivity contribution in [3.63, 3.8) is 0 Å². The van der Waals surface area contributed by atoms with Gasteiger partial charge in [-0.15, -0.1) is 0 Å². The first kappa shape index (κ1) is 50.0. The van der Waals surface area contributed by atoms with Gasteiger partial charge in [-0.25, -0.2) is 19.2 Å². The minimum atomic E-state index is -0.947.